The van der Waals surface area contributed by atoms with Gasteiger partial charge in [-0.25, -0.2) is 15.0 Å². The maximum Gasteiger partial charge on any atom is 0.488 e. The molecule has 1 aliphatic heterocycles. The summed E-state index contributed by atoms with van der Waals surface area (Å²) in [5, 5.41) is 22.3. The second kappa shape index (κ2) is 8.19. The van der Waals surface area contributed by atoms with Crippen LogP contribution in [-0.2, 0) is 13.0 Å². The number of nitrogens with one attached hydrogen (secondary N) is 1. The molecule has 33 heavy (non-hydrogen) atoms. The van der Waals surface area contributed by atoms with E-state index in [0.717, 1.165) is 29.9 Å². The van der Waals surface area contributed by atoms with Crippen molar-refractivity contribution >= 4 is 35.6 Å². The fourth-order valence-corrected chi connectivity index (χ4v) is 4.10. The van der Waals surface area contributed by atoms with Crippen molar-refractivity contribution in [3.05, 3.63) is 65.6 Å². The van der Waals surface area contributed by atoms with E-state index in [4.69, 9.17) is 15.7 Å². The highest BCUT2D eigenvalue weighted by Crippen LogP contribution is 2.33. The minimum absolute atomic E-state index is 0.328. The first-order valence-corrected chi connectivity index (χ1v) is 10.5. The molecule has 0 aliphatic carbocycles. The number of nitrogens with zero attached hydrogens (tertiary/aromatic N) is 5. The number of rotatable bonds is 6. The lowest BCUT2D eigenvalue weighted by molar-refractivity contribution is 0.0994. The molecule has 0 saturated carbocycles. The predicted molar refractivity (Wildman–Crippen MR) is 125 cm³/mol. The number of pyridine rings is 1. The van der Waals surface area contributed by atoms with Gasteiger partial charge in [0.05, 0.1) is 5.52 Å². The maximum absolute atomic E-state index is 11.8. The van der Waals surface area contributed by atoms with Gasteiger partial charge in [0.2, 0.25) is 0 Å². The summed E-state index contributed by atoms with van der Waals surface area (Å²) < 4.78 is 1.64. The summed E-state index contributed by atoms with van der Waals surface area (Å²) in [6.07, 6.45) is 2.35. The van der Waals surface area contributed by atoms with Gasteiger partial charge in [-0.1, -0.05) is 30.3 Å². The number of imidazole rings is 1. The predicted octanol–water partition coefficient (Wildman–Crippen LogP) is 0.174. The molecule has 11 heteroatoms. The molecule has 0 bridgehead atoms. The molecule has 166 valence electrons. The van der Waals surface area contributed by atoms with Gasteiger partial charge in [0.1, 0.15) is 29.4 Å². The maximum atomic E-state index is 11.8. The molecule has 1 aromatic carbocycles. The molecule has 5 rings (SSSR count). The van der Waals surface area contributed by atoms with E-state index in [1.807, 2.05) is 19.2 Å². The van der Waals surface area contributed by atoms with Crippen LogP contribution in [0.15, 0.2) is 48.8 Å². The Labute approximate surface area is 189 Å². The number of anilines is 2. The van der Waals surface area contributed by atoms with E-state index in [-0.39, 0.29) is 0 Å². The summed E-state index contributed by atoms with van der Waals surface area (Å²) >= 11 is 0. The van der Waals surface area contributed by atoms with E-state index >= 15 is 0 Å². The quantitative estimate of drug-likeness (QED) is 0.309. The van der Waals surface area contributed by atoms with Crippen molar-refractivity contribution < 1.29 is 14.8 Å². The third-order valence-corrected chi connectivity index (χ3v) is 5.79. The Bertz CT molecular complexity index is 1370. The molecule has 0 radical (unpaired) electrons. The molecule has 1 aliphatic rings. The Morgan fingerprint density at radius 1 is 1.21 bits per heavy atom. The van der Waals surface area contributed by atoms with Crippen LogP contribution in [0.25, 0.3) is 17.0 Å². The lowest BCUT2D eigenvalue weighted by Gasteiger charge is -2.15. The molecule has 0 unspecified atom stereocenters. The van der Waals surface area contributed by atoms with Crippen molar-refractivity contribution in [2.24, 2.45) is 5.73 Å². The molecule has 4 aromatic rings. The summed E-state index contributed by atoms with van der Waals surface area (Å²) in [5.74, 6) is 1.42. The highest BCUT2D eigenvalue weighted by atomic mass is 16.4. The van der Waals surface area contributed by atoms with Gasteiger partial charge in [-0.15, -0.1) is 0 Å². The van der Waals surface area contributed by atoms with Crippen molar-refractivity contribution in [1.82, 2.24) is 19.4 Å². The summed E-state index contributed by atoms with van der Waals surface area (Å²) in [6.45, 7) is 1.27. The Morgan fingerprint density at radius 3 is 2.82 bits per heavy atom. The molecule has 3 aromatic heterocycles. The molecule has 0 atom stereocenters. The van der Waals surface area contributed by atoms with E-state index in [1.165, 1.54) is 0 Å². The number of hydrogen-bond donors (Lipinski definition) is 4. The van der Waals surface area contributed by atoms with Crippen LogP contribution < -0.4 is 21.4 Å². The molecule has 5 N–H and O–H groups in total. The Kier molecular flexibility index (Phi) is 5.19. The van der Waals surface area contributed by atoms with Gasteiger partial charge in [-0.2, -0.15) is 0 Å². The van der Waals surface area contributed by atoms with Gasteiger partial charge in [0, 0.05) is 25.7 Å². The van der Waals surface area contributed by atoms with Gasteiger partial charge in [0.25, 0.3) is 5.91 Å². The van der Waals surface area contributed by atoms with Crippen LogP contribution in [0, 0.1) is 0 Å². The molecule has 0 spiro atoms. The SMILES string of the molecule is CN1CCc2c(NCc3cccc(B(O)O)c3)nc(-c3ncn4c(C(N)=O)cccc34)nc21. The summed E-state index contributed by atoms with van der Waals surface area (Å²) in [5.41, 5.74) is 9.39. The molecular weight excluding hydrogens is 421 g/mol. The van der Waals surface area contributed by atoms with Gasteiger partial charge >= 0.3 is 7.12 Å². The number of amides is 1. The highest BCUT2D eigenvalue weighted by molar-refractivity contribution is 6.58. The van der Waals surface area contributed by atoms with Crippen LogP contribution in [0.3, 0.4) is 0 Å². The topological polar surface area (TPSA) is 142 Å². The van der Waals surface area contributed by atoms with Gasteiger partial charge in [0.15, 0.2) is 5.82 Å². The normalized spacial score (nSPS) is 12.8. The number of fused-ring (bicyclic) bond motifs is 2. The first kappa shape index (κ1) is 20.9. The minimum Gasteiger partial charge on any atom is -0.423 e. The van der Waals surface area contributed by atoms with Crippen molar-refractivity contribution in [3.63, 3.8) is 0 Å². The van der Waals surface area contributed by atoms with Crippen LogP contribution in [0.1, 0.15) is 21.6 Å². The second-order valence-electron chi connectivity index (χ2n) is 7.97. The Hall–Kier alpha value is -3.96. The fraction of sp³-hybridized carbons (Fsp3) is 0.182. The summed E-state index contributed by atoms with van der Waals surface area (Å²) in [4.78, 5) is 27.9. The van der Waals surface area contributed by atoms with Gasteiger partial charge in [-0.3, -0.25) is 9.20 Å². The first-order valence-electron chi connectivity index (χ1n) is 10.5. The first-order chi connectivity index (χ1) is 15.9. The van der Waals surface area contributed by atoms with E-state index in [2.05, 4.69) is 15.2 Å². The molecule has 10 nitrogen and oxygen atoms in total. The zero-order chi connectivity index (χ0) is 23.1. The average Bonchev–Trinajstić information content (AvgIpc) is 3.41. The number of carbonyl (C=O) groups is 1. The Balaban J connectivity index is 1.55. The third-order valence-electron chi connectivity index (χ3n) is 5.79. The van der Waals surface area contributed by atoms with Crippen LogP contribution in [-0.4, -0.2) is 56.0 Å². The number of primary amides is 1. The number of likely N-dealkylation sites (N-methyl/N-ethyl adjacent to an activating group) is 1. The Morgan fingerprint density at radius 2 is 2.03 bits per heavy atom. The zero-order valence-corrected chi connectivity index (χ0v) is 17.9. The largest absolute Gasteiger partial charge is 0.488 e. The summed E-state index contributed by atoms with van der Waals surface area (Å²) in [7, 11) is 0.461. The van der Waals surface area contributed by atoms with Crippen LogP contribution >= 0.6 is 0 Å². The van der Waals surface area contributed by atoms with Crippen molar-refractivity contribution in [1.29, 1.82) is 0 Å². The summed E-state index contributed by atoms with van der Waals surface area (Å²) in [6, 6.07) is 12.3. The van der Waals surface area contributed by atoms with E-state index in [0.29, 0.717) is 40.6 Å². The van der Waals surface area contributed by atoms with Crippen molar-refractivity contribution in [2.75, 3.05) is 23.8 Å². The average molecular weight is 443 g/mol. The number of nitrogens with two attached hydrogens (primary N) is 1. The van der Waals surface area contributed by atoms with Gasteiger partial charge in [-0.05, 0) is 29.6 Å². The van der Waals surface area contributed by atoms with E-state index < -0.39 is 13.0 Å². The molecule has 4 heterocycles. The third kappa shape index (κ3) is 3.77. The van der Waals surface area contributed by atoms with E-state index in [1.54, 1.807) is 41.1 Å². The van der Waals surface area contributed by atoms with Crippen molar-refractivity contribution in [2.45, 2.75) is 13.0 Å². The molecule has 0 saturated heterocycles. The van der Waals surface area contributed by atoms with Crippen molar-refractivity contribution in [3.8, 4) is 11.5 Å². The highest BCUT2D eigenvalue weighted by Gasteiger charge is 2.25. The molecule has 0 fully saturated rings. The van der Waals surface area contributed by atoms with Crippen LogP contribution in [0.2, 0.25) is 0 Å². The molecule has 1 amide bonds. The lowest BCUT2D eigenvalue weighted by Crippen LogP contribution is -2.30. The standard InChI is InChI=1S/C22H22BN7O3/c1-29-9-8-15-20(25-11-13-4-2-5-14(10-13)23(32)33)27-21(28-22(15)29)18-16-6-3-7-17(19(24)31)30(16)12-26-18/h2-7,10,12,32-33H,8-9,11H2,1H3,(H2,24,31)(H,25,27,28). The number of carbonyl (C=O) groups excluding carboxylic acids is 1. The minimum atomic E-state index is -1.52. The van der Waals surface area contributed by atoms with Crippen LogP contribution in [0.4, 0.5) is 11.6 Å². The number of aromatic nitrogens is 4. The van der Waals surface area contributed by atoms with Gasteiger partial charge < -0.3 is 26.0 Å². The van der Waals surface area contributed by atoms with E-state index in [9.17, 15) is 14.8 Å². The number of hydrogen-bond acceptors (Lipinski definition) is 8. The second-order valence-corrected chi connectivity index (χ2v) is 7.97. The number of benzene rings is 1. The smallest absolute Gasteiger partial charge is 0.423 e. The monoisotopic (exact) mass is 443 g/mol. The zero-order valence-electron chi connectivity index (χ0n) is 17.9. The lowest BCUT2D eigenvalue weighted by atomic mass is 9.79. The molecular formula is C22H22BN7O3. The van der Waals surface area contributed by atoms with Crippen LogP contribution in [0.5, 0.6) is 0 Å². The fourth-order valence-electron chi connectivity index (χ4n) is 4.10.